The number of carbonyl (C=O) groups excluding carboxylic acids is 2. The zero-order valence-corrected chi connectivity index (χ0v) is 17.0. The van der Waals surface area contributed by atoms with Gasteiger partial charge in [0.15, 0.2) is 12.0 Å². The molecule has 32 heavy (non-hydrogen) atoms. The van der Waals surface area contributed by atoms with Crippen molar-refractivity contribution in [1.29, 1.82) is 0 Å². The van der Waals surface area contributed by atoms with Gasteiger partial charge in [-0.25, -0.2) is 9.18 Å². The molecule has 1 aliphatic carbocycles. The molecule has 2 fully saturated rings. The highest BCUT2D eigenvalue weighted by atomic mass is 19.1. The summed E-state index contributed by atoms with van der Waals surface area (Å²) in [5.74, 6) is -3.30. The van der Waals surface area contributed by atoms with Crippen molar-refractivity contribution >= 4 is 17.8 Å². The van der Waals surface area contributed by atoms with E-state index in [1.165, 1.54) is 11.0 Å². The van der Waals surface area contributed by atoms with Crippen molar-refractivity contribution in [3.8, 4) is 11.1 Å². The summed E-state index contributed by atoms with van der Waals surface area (Å²) in [6, 6.07) is 10.7. The highest BCUT2D eigenvalue weighted by Gasteiger charge is 2.52. The predicted octanol–water partition coefficient (Wildman–Crippen LogP) is 1.88. The summed E-state index contributed by atoms with van der Waals surface area (Å²) in [5.41, 5.74) is 2.74. The lowest BCUT2D eigenvalue weighted by atomic mass is 10.0. The number of carbonyl (C=O) groups is 3. The number of alkyl halides is 1. The van der Waals surface area contributed by atoms with Gasteiger partial charge >= 0.3 is 5.97 Å². The first-order valence-electron chi connectivity index (χ1n) is 10.3. The lowest BCUT2D eigenvalue weighted by Gasteiger charge is -2.23. The van der Waals surface area contributed by atoms with E-state index in [1.54, 1.807) is 30.3 Å². The number of rotatable bonds is 4. The fourth-order valence-electron chi connectivity index (χ4n) is 4.67. The van der Waals surface area contributed by atoms with Crippen molar-refractivity contribution in [1.82, 2.24) is 10.2 Å². The molecule has 2 atom stereocenters. The molecule has 2 aliphatic heterocycles. The Hall–Kier alpha value is -3.30. The minimum Gasteiger partial charge on any atom is -0.480 e. The van der Waals surface area contributed by atoms with Gasteiger partial charge in [-0.05, 0) is 34.4 Å². The number of nitrogens with one attached hydrogen (secondary N) is 1. The third-order valence-corrected chi connectivity index (χ3v) is 6.22. The molecule has 0 saturated carbocycles. The second-order valence-electron chi connectivity index (χ2n) is 8.12. The minimum absolute atomic E-state index is 0.00775. The molecule has 5 rings (SSSR count). The summed E-state index contributed by atoms with van der Waals surface area (Å²) in [6.45, 7) is 0.295. The normalized spacial score (nSPS) is 22.6. The zero-order chi connectivity index (χ0) is 22.5. The van der Waals surface area contributed by atoms with Crippen LogP contribution in [-0.4, -0.2) is 65.9 Å². The van der Waals surface area contributed by atoms with Crippen LogP contribution in [0.4, 0.5) is 4.39 Å². The van der Waals surface area contributed by atoms with E-state index in [2.05, 4.69) is 5.32 Å². The third kappa shape index (κ3) is 3.34. The lowest BCUT2D eigenvalue weighted by molar-refractivity contribution is -0.152. The Balaban J connectivity index is 1.29. The second kappa shape index (κ2) is 7.68. The number of hydrogen-bond acceptors (Lipinski definition) is 5. The molecule has 2 aromatic carbocycles. The van der Waals surface area contributed by atoms with E-state index < -0.39 is 35.8 Å². The number of aliphatic carboxylic acids is 1. The number of benzene rings is 2. The fourth-order valence-corrected chi connectivity index (χ4v) is 4.67. The van der Waals surface area contributed by atoms with Gasteiger partial charge in [0.1, 0.15) is 6.04 Å². The number of carboxylic acid groups (broad SMARTS) is 1. The van der Waals surface area contributed by atoms with Gasteiger partial charge in [0, 0.05) is 12.0 Å². The molecule has 166 valence electrons. The second-order valence-corrected chi connectivity index (χ2v) is 8.12. The first kappa shape index (κ1) is 20.6. The number of hydrogen-bond donors (Lipinski definition) is 2. The van der Waals surface area contributed by atoms with E-state index in [9.17, 15) is 23.9 Å². The number of halogens is 1. The summed E-state index contributed by atoms with van der Waals surface area (Å²) in [7, 11) is 0. The van der Waals surface area contributed by atoms with Crippen LogP contribution in [0.5, 0.6) is 0 Å². The standard InChI is InChI=1S/C23H21FN2O6/c24-20-15-4-2-1-3-14(15)17-9-13(5-6-16(17)20)21(28)25-11-19(27)26-12-23(31-7-8-32-23)10-18(26)22(29)30/h1-6,9,18,20H,7-8,10-12H2,(H,25,28)(H,29,30)/t18-,20?/m0/s1. The predicted molar refractivity (Wildman–Crippen MR) is 110 cm³/mol. The molecule has 1 spiro atoms. The molecule has 2 heterocycles. The highest BCUT2D eigenvalue weighted by molar-refractivity contribution is 5.98. The van der Waals surface area contributed by atoms with Crippen molar-refractivity contribution < 1.29 is 33.4 Å². The van der Waals surface area contributed by atoms with Crippen molar-refractivity contribution in [2.24, 2.45) is 0 Å². The van der Waals surface area contributed by atoms with Crippen LogP contribution in [0.2, 0.25) is 0 Å². The maximum atomic E-state index is 14.7. The molecule has 2 amide bonds. The van der Waals surface area contributed by atoms with Gasteiger partial charge in [0.25, 0.3) is 5.91 Å². The van der Waals surface area contributed by atoms with Crippen molar-refractivity contribution in [2.45, 2.75) is 24.4 Å². The summed E-state index contributed by atoms with van der Waals surface area (Å²) >= 11 is 0. The van der Waals surface area contributed by atoms with Gasteiger partial charge in [-0.3, -0.25) is 9.59 Å². The number of likely N-dealkylation sites (tertiary alicyclic amines) is 1. The maximum absolute atomic E-state index is 14.7. The SMILES string of the molecule is O=C(NCC(=O)N1CC2(C[C@H]1C(=O)O)OCCO2)c1ccc2c(c1)-c1ccccc1C2F. The van der Waals surface area contributed by atoms with Crippen LogP contribution in [0.15, 0.2) is 42.5 Å². The smallest absolute Gasteiger partial charge is 0.326 e. The van der Waals surface area contributed by atoms with E-state index in [-0.39, 0.29) is 25.1 Å². The van der Waals surface area contributed by atoms with Gasteiger partial charge in [-0.2, -0.15) is 0 Å². The molecule has 1 unspecified atom stereocenters. The van der Waals surface area contributed by atoms with Crippen molar-refractivity contribution in [3.05, 3.63) is 59.2 Å². The van der Waals surface area contributed by atoms with Crippen LogP contribution in [0.25, 0.3) is 11.1 Å². The summed E-state index contributed by atoms with van der Waals surface area (Å²) in [4.78, 5) is 38.2. The average molecular weight is 440 g/mol. The van der Waals surface area contributed by atoms with E-state index in [0.29, 0.717) is 29.9 Å². The van der Waals surface area contributed by atoms with Crippen LogP contribution in [0, 0.1) is 0 Å². The minimum atomic E-state index is -1.24. The Morgan fingerprint density at radius 2 is 1.81 bits per heavy atom. The largest absolute Gasteiger partial charge is 0.480 e. The van der Waals surface area contributed by atoms with Crippen LogP contribution in [-0.2, 0) is 19.1 Å². The first-order valence-corrected chi connectivity index (χ1v) is 10.3. The molecule has 0 aromatic heterocycles. The van der Waals surface area contributed by atoms with Gasteiger partial charge < -0.3 is 24.8 Å². The average Bonchev–Trinajstić information content (AvgIpc) is 3.50. The van der Waals surface area contributed by atoms with Gasteiger partial charge in [0.05, 0.1) is 26.3 Å². The molecule has 2 saturated heterocycles. The molecular weight excluding hydrogens is 419 g/mol. The van der Waals surface area contributed by atoms with Gasteiger partial charge in [-0.1, -0.05) is 30.3 Å². The summed E-state index contributed by atoms with van der Waals surface area (Å²) in [6.07, 6.45) is -1.20. The van der Waals surface area contributed by atoms with Crippen LogP contribution in [0.1, 0.15) is 34.1 Å². The summed E-state index contributed by atoms with van der Waals surface area (Å²) < 4.78 is 25.8. The fraction of sp³-hybridized carbons (Fsp3) is 0.348. The first-order chi connectivity index (χ1) is 15.4. The number of amides is 2. The van der Waals surface area contributed by atoms with Crippen LogP contribution >= 0.6 is 0 Å². The van der Waals surface area contributed by atoms with E-state index in [0.717, 1.165) is 5.56 Å². The van der Waals surface area contributed by atoms with Crippen molar-refractivity contribution in [2.75, 3.05) is 26.3 Å². The number of ether oxygens (including phenoxy) is 2. The Morgan fingerprint density at radius 3 is 2.56 bits per heavy atom. The quantitative estimate of drug-likeness (QED) is 0.752. The number of fused-ring (bicyclic) bond motifs is 3. The Bertz CT molecular complexity index is 1110. The Kier molecular flexibility index (Phi) is 4.94. The molecule has 2 aromatic rings. The van der Waals surface area contributed by atoms with Crippen LogP contribution < -0.4 is 5.32 Å². The molecular formula is C23H21FN2O6. The number of carboxylic acids is 1. The monoisotopic (exact) mass is 440 g/mol. The van der Waals surface area contributed by atoms with Crippen molar-refractivity contribution in [3.63, 3.8) is 0 Å². The topological polar surface area (TPSA) is 105 Å². The molecule has 9 heteroatoms. The third-order valence-electron chi connectivity index (χ3n) is 6.22. The number of nitrogens with zero attached hydrogens (tertiary/aromatic N) is 1. The molecule has 2 N–H and O–H groups in total. The molecule has 0 bridgehead atoms. The van der Waals surface area contributed by atoms with E-state index >= 15 is 0 Å². The van der Waals surface area contributed by atoms with Gasteiger partial charge in [0.2, 0.25) is 5.91 Å². The molecule has 0 radical (unpaired) electrons. The van der Waals surface area contributed by atoms with E-state index in [1.807, 2.05) is 6.07 Å². The highest BCUT2D eigenvalue weighted by Crippen LogP contribution is 2.45. The van der Waals surface area contributed by atoms with E-state index in [4.69, 9.17) is 9.47 Å². The zero-order valence-electron chi connectivity index (χ0n) is 17.0. The molecule has 8 nitrogen and oxygen atoms in total. The van der Waals surface area contributed by atoms with Crippen LogP contribution in [0.3, 0.4) is 0 Å². The lowest BCUT2D eigenvalue weighted by Crippen LogP contribution is -2.46. The Labute approximate surface area is 182 Å². The van der Waals surface area contributed by atoms with Gasteiger partial charge in [-0.15, -0.1) is 0 Å². The molecule has 3 aliphatic rings. The maximum Gasteiger partial charge on any atom is 0.326 e. The Morgan fingerprint density at radius 1 is 1.09 bits per heavy atom. The summed E-state index contributed by atoms with van der Waals surface area (Å²) in [5, 5.41) is 12.0.